The highest BCUT2D eigenvalue weighted by Crippen LogP contribution is 2.28. The molecule has 2 amide bonds. The van der Waals surface area contributed by atoms with Crippen molar-refractivity contribution in [3.8, 4) is 0 Å². The third kappa shape index (κ3) is 6.07. The van der Waals surface area contributed by atoms with Gasteiger partial charge in [0.1, 0.15) is 11.6 Å². The zero-order valence-corrected chi connectivity index (χ0v) is 15.2. The summed E-state index contributed by atoms with van der Waals surface area (Å²) in [5, 5.41) is 8.86. The number of halogens is 3. The second-order valence-corrected chi connectivity index (χ2v) is 6.22. The molecule has 0 aliphatic heterocycles. The van der Waals surface area contributed by atoms with Crippen LogP contribution in [0.5, 0.6) is 0 Å². The molecule has 8 heteroatoms. The minimum atomic E-state index is -0.573. The number of carbonyl (C=O) groups excluding carboxylic acids is 1. The first-order valence-corrected chi connectivity index (χ1v) is 8.56. The van der Waals surface area contributed by atoms with E-state index in [0.29, 0.717) is 23.7 Å². The van der Waals surface area contributed by atoms with Crippen LogP contribution in [-0.4, -0.2) is 24.1 Å². The van der Waals surface area contributed by atoms with E-state index in [2.05, 4.69) is 20.9 Å². The number of carbonyl (C=O) groups is 1. The van der Waals surface area contributed by atoms with Gasteiger partial charge < -0.3 is 16.0 Å². The molecule has 1 aromatic heterocycles. The average Bonchev–Trinajstić information content (AvgIpc) is 2.58. The summed E-state index contributed by atoms with van der Waals surface area (Å²) >= 11 is 11.7. The normalized spacial score (nSPS) is 11.7. The largest absolute Gasteiger partial charge is 0.370 e. The van der Waals surface area contributed by atoms with Gasteiger partial charge in [-0.15, -0.1) is 0 Å². The molecule has 0 bridgehead atoms. The van der Waals surface area contributed by atoms with Crippen LogP contribution in [0.25, 0.3) is 0 Å². The number of urea groups is 1. The van der Waals surface area contributed by atoms with Crippen LogP contribution in [0.4, 0.5) is 15.0 Å². The van der Waals surface area contributed by atoms with Gasteiger partial charge in [-0.3, -0.25) is 0 Å². The van der Waals surface area contributed by atoms with Crippen LogP contribution in [0.1, 0.15) is 24.9 Å². The number of aromatic nitrogens is 1. The maximum Gasteiger partial charge on any atom is 0.315 e. The molecule has 3 N–H and O–H groups in total. The molecule has 0 aliphatic carbocycles. The van der Waals surface area contributed by atoms with Crippen LogP contribution in [0, 0.1) is 5.82 Å². The predicted molar refractivity (Wildman–Crippen MR) is 98.7 cm³/mol. The minimum Gasteiger partial charge on any atom is -0.370 e. The highest BCUT2D eigenvalue weighted by molar-refractivity contribution is 6.35. The van der Waals surface area contributed by atoms with Crippen molar-refractivity contribution in [3.63, 3.8) is 0 Å². The molecule has 0 aliphatic rings. The Hall–Kier alpha value is -2.05. The standard InChI is InChI=1S/C17H19Cl2FN4O/c1-11(12-9-15(20)14(19)10-13(12)18)24-17(25)23-8-4-7-22-16-5-2-3-6-21-16/h2-3,5-6,9-11H,4,7-8H2,1H3,(H,21,22)(H2,23,24,25). The van der Waals surface area contributed by atoms with E-state index in [1.165, 1.54) is 12.1 Å². The molecule has 134 valence electrons. The molecule has 0 saturated heterocycles. The Morgan fingerprint density at radius 2 is 2.04 bits per heavy atom. The molecule has 25 heavy (non-hydrogen) atoms. The smallest absolute Gasteiger partial charge is 0.315 e. The molecule has 1 aromatic carbocycles. The van der Waals surface area contributed by atoms with Crippen molar-refractivity contribution in [2.24, 2.45) is 0 Å². The number of anilines is 1. The summed E-state index contributed by atoms with van der Waals surface area (Å²) in [5.74, 6) is 0.218. The lowest BCUT2D eigenvalue weighted by Crippen LogP contribution is -2.38. The van der Waals surface area contributed by atoms with Gasteiger partial charge in [-0.1, -0.05) is 29.3 Å². The number of hydrogen-bond acceptors (Lipinski definition) is 3. The lowest BCUT2D eigenvalue weighted by molar-refractivity contribution is 0.238. The van der Waals surface area contributed by atoms with Crippen molar-refractivity contribution in [2.75, 3.05) is 18.4 Å². The van der Waals surface area contributed by atoms with Gasteiger partial charge in [0.2, 0.25) is 0 Å². The van der Waals surface area contributed by atoms with Gasteiger partial charge in [-0.25, -0.2) is 14.2 Å². The molecule has 2 rings (SSSR count). The molecular weight excluding hydrogens is 366 g/mol. The quantitative estimate of drug-likeness (QED) is 0.489. The number of rotatable bonds is 7. The number of hydrogen-bond donors (Lipinski definition) is 3. The van der Waals surface area contributed by atoms with E-state index >= 15 is 0 Å². The van der Waals surface area contributed by atoms with E-state index in [0.717, 1.165) is 12.2 Å². The van der Waals surface area contributed by atoms with Crippen molar-refractivity contribution in [3.05, 3.63) is 58.0 Å². The topological polar surface area (TPSA) is 66.1 Å². The van der Waals surface area contributed by atoms with Gasteiger partial charge in [0.05, 0.1) is 11.1 Å². The SMILES string of the molecule is CC(NC(=O)NCCCNc1ccccn1)c1cc(F)c(Cl)cc1Cl. The van der Waals surface area contributed by atoms with Gasteiger partial charge >= 0.3 is 6.03 Å². The number of pyridine rings is 1. The van der Waals surface area contributed by atoms with Gasteiger partial charge in [0.15, 0.2) is 0 Å². The van der Waals surface area contributed by atoms with E-state index in [4.69, 9.17) is 23.2 Å². The summed E-state index contributed by atoms with van der Waals surface area (Å²) in [6.07, 6.45) is 2.44. The maximum absolute atomic E-state index is 13.6. The van der Waals surface area contributed by atoms with Crippen molar-refractivity contribution >= 4 is 35.1 Å². The van der Waals surface area contributed by atoms with E-state index < -0.39 is 11.9 Å². The zero-order chi connectivity index (χ0) is 18.2. The molecule has 0 spiro atoms. The Balaban J connectivity index is 1.72. The molecule has 2 aromatic rings. The first-order valence-electron chi connectivity index (χ1n) is 7.81. The monoisotopic (exact) mass is 384 g/mol. The van der Waals surface area contributed by atoms with Crippen LogP contribution in [0.2, 0.25) is 10.0 Å². The fourth-order valence-electron chi connectivity index (χ4n) is 2.17. The second kappa shape index (κ2) is 9.44. The fraction of sp³-hybridized carbons (Fsp3) is 0.294. The first-order chi connectivity index (χ1) is 12.0. The number of benzene rings is 1. The third-order valence-electron chi connectivity index (χ3n) is 3.46. The molecule has 1 unspecified atom stereocenters. The summed E-state index contributed by atoms with van der Waals surface area (Å²) in [6.45, 7) is 2.89. The Kier molecular flexibility index (Phi) is 7.28. The molecular formula is C17H19Cl2FN4O. The molecule has 5 nitrogen and oxygen atoms in total. The Morgan fingerprint density at radius 3 is 2.76 bits per heavy atom. The van der Waals surface area contributed by atoms with Crippen LogP contribution in [0.15, 0.2) is 36.5 Å². The van der Waals surface area contributed by atoms with Crippen molar-refractivity contribution in [1.29, 1.82) is 0 Å². The summed E-state index contributed by atoms with van der Waals surface area (Å²) < 4.78 is 13.6. The average molecular weight is 385 g/mol. The lowest BCUT2D eigenvalue weighted by Gasteiger charge is -2.17. The van der Waals surface area contributed by atoms with Crippen LogP contribution < -0.4 is 16.0 Å². The van der Waals surface area contributed by atoms with E-state index in [1.54, 1.807) is 13.1 Å². The molecule has 0 saturated carbocycles. The molecule has 0 fully saturated rings. The van der Waals surface area contributed by atoms with Crippen molar-refractivity contribution < 1.29 is 9.18 Å². The van der Waals surface area contributed by atoms with Crippen LogP contribution >= 0.6 is 23.2 Å². The molecule has 1 atom stereocenters. The number of nitrogens with one attached hydrogen (secondary N) is 3. The second-order valence-electron chi connectivity index (χ2n) is 5.41. The van der Waals surface area contributed by atoms with E-state index in [-0.39, 0.29) is 11.1 Å². The fourth-order valence-corrected chi connectivity index (χ4v) is 2.72. The summed E-state index contributed by atoms with van der Waals surface area (Å²) in [6, 6.07) is 7.36. The lowest BCUT2D eigenvalue weighted by atomic mass is 10.1. The summed E-state index contributed by atoms with van der Waals surface area (Å²) in [4.78, 5) is 16.0. The van der Waals surface area contributed by atoms with Gasteiger partial charge in [0, 0.05) is 24.3 Å². The minimum absolute atomic E-state index is 0.0502. The Morgan fingerprint density at radius 1 is 1.24 bits per heavy atom. The highest BCUT2D eigenvalue weighted by Gasteiger charge is 2.15. The van der Waals surface area contributed by atoms with Crippen LogP contribution in [0.3, 0.4) is 0 Å². The molecule has 1 heterocycles. The first kappa shape index (κ1) is 19.3. The Bertz CT molecular complexity index is 715. The summed E-state index contributed by atoms with van der Waals surface area (Å²) in [7, 11) is 0. The third-order valence-corrected chi connectivity index (χ3v) is 4.08. The number of nitrogens with zero attached hydrogens (tertiary/aromatic N) is 1. The molecule has 0 radical (unpaired) electrons. The maximum atomic E-state index is 13.6. The van der Waals surface area contributed by atoms with Gasteiger partial charge in [-0.05, 0) is 43.2 Å². The zero-order valence-electron chi connectivity index (χ0n) is 13.7. The van der Waals surface area contributed by atoms with E-state index in [1.807, 2.05) is 18.2 Å². The Labute approximate surface area is 155 Å². The van der Waals surface area contributed by atoms with E-state index in [9.17, 15) is 9.18 Å². The van der Waals surface area contributed by atoms with Gasteiger partial charge in [0.25, 0.3) is 0 Å². The van der Waals surface area contributed by atoms with Crippen LogP contribution in [-0.2, 0) is 0 Å². The predicted octanol–water partition coefficient (Wildman–Crippen LogP) is 4.39. The summed E-state index contributed by atoms with van der Waals surface area (Å²) in [5.41, 5.74) is 0.468. The van der Waals surface area contributed by atoms with Crippen molar-refractivity contribution in [2.45, 2.75) is 19.4 Å². The number of amides is 2. The van der Waals surface area contributed by atoms with Crippen molar-refractivity contribution in [1.82, 2.24) is 15.6 Å². The van der Waals surface area contributed by atoms with Gasteiger partial charge in [-0.2, -0.15) is 0 Å². The highest BCUT2D eigenvalue weighted by atomic mass is 35.5.